The van der Waals surface area contributed by atoms with E-state index < -0.39 is 14.8 Å². The van der Waals surface area contributed by atoms with Gasteiger partial charge in [-0.15, -0.1) is 0 Å². The van der Waals surface area contributed by atoms with Gasteiger partial charge >= 0.3 is 5.69 Å². The van der Waals surface area contributed by atoms with Gasteiger partial charge in [-0.2, -0.15) is 0 Å². The number of hydrogen-bond donors (Lipinski definition) is 0. The quantitative estimate of drug-likeness (QED) is 0.632. The number of benzene rings is 1. The molecule has 1 saturated carbocycles. The molecule has 1 saturated heterocycles. The predicted molar refractivity (Wildman–Crippen MR) is 79.3 cm³/mol. The topological polar surface area (TPSA) is 80.5 Å². The first-order chi connectivity index (χ1) is 9.82. The van der Waals surface area contributed by atoms with Gasteiger partial charge in [0.25, 0.3) is 0 Å². The summed E-state index contributed by atoms with van der Waals surface area (Å²) in [7, 11) is -3.62. The number of nitrogens with zero attached hydrogens (tertiary/aromatic N) is 2. The van der Waals surface area contributed by atoms with E-state index in [1.165, 1.54) is 25.3 Å². The first kappa shape index (κ1) is 14.3. The van der Waals surface area contributed by atoms with Gasteiger partial charge in [0, 0.05) is 19.3 Å². The minimum Gasteiger partial charge on any atom is -0.365 e. The first-order valence-electron chi connectivity index (χ1n) is 7.05. The second-order valence-corrected chi connectivity index (χ2v) is 8.16. The number of nitro benzene ring substituents is 1. The number of sulfone groups is 1. The summed E-state index contributed by atoms with van der Waals surface area (Å²) in [6.07, 6.45) is 5.61. The SMILES string of the molecule is CS(=O)(=O)c1cccc(N2CCC3(CCC3)C2)c1[N+](=O)[O-]. The largest absolute Gasteiger partial charge is 0.365 e. The fourth-order valence-electron chi connectivity index (χ4n) is 3.47. The molecule has 0 radical (unpaired) electrons. The average molecular weight is 310 g/mol. The summed E-state index contributed by atoms with van der Waals surface area (Å²) in [6.45, 7) is 1.55. The number of nitro groups is 1. The molecular formula is C14H18N2O4S. The van der Waals surface area contributed by atoms with Crippen LogP contribution in [0.2, 0.25) is 0 Å². The minimum absolute atomic E-state index is 0.195. The van der Waals surface area contributed by atoms with Gasteiger partial charge in [-0.1, -0.05) is 12.5 Å². The fraction of sp³-hybridized carbons (Fsp3) is 0.571. The molecule has 1 aliphatic carbocycles. The van der Waals surface area contributed by atoms with Gasteiger partial charge in [0.1, 0.15) is 10.6 Å². The molecule has 0 aromatic heterocycles. The summed E-state index contributed by atoms with van der Waals surface area (Å²) in [4.78, 5) is 12.6. The third-order valence-electron chi connectivity index (χ3n) is 4.75. The van der Waals surface area contributed by atoms with Gasteiger partial charge in [0.15, 0.2) is 9.84 Å². The molecule has 2 fully saturated rings. The molecule has 0 N–H and O–H groups in total. The van der Waals surface area contributed by atoms with Gasteiger partial charge in [-0.25, -0.2) is 8.42 Å². The molecule has 114 valence electrons. The lowest BCUT2D eigenvalue weighted by Gasteiger charge is -2.38. The summed E-state index contributed by atoms with van der Waals surface area (Å²) < 4.78 is 23.6. The molecule has 0 unspecified atom stereocenters. The standard InChI is InChI=1S/C14H18N2O4S/c1-21(19,20)12-5-2-4-11(13(12)16(17)18)15-9-8-14(10-15)6-3-7-14/h2,4-5H,3,6-10H2,1H3. The summed E-state index contributed by atoms with van der Waals surface area (Å²) >= 11 is 0. The van der Waals surface area contributed by atoms with Gasteiger partial charge in [0.2, 0.25) is 0 Å². The van der Waals surface area contributed by atoms with Crippen LogP contribution in [0.1, 0.15) is 25.7 Å². The van der Waals surface area contributed by atoms with Crippen LogP contribution in [0.4, 0.5) is 11.4 Å². The Bertz CT molecular complexity index is 695. The van der Waals surface area contributed by atoms with E-state index in [1.807, 2.05) is 4.90 Å². The molecule has 1 aromatic carbocycles. The lowest BCUT2D eigenvalue weighted by molar-refractivity contribution is -0.387. The van der Waals surface area contributed by atoms with Crippen molar-refractivity contribution in [3.8, 4) is 0 Å². The van der Waals surface area contributed by atoms with Crippen LogP contribution in [0.15, 0.2) is 23.1 Å². The Hall–Kier alpha value is -1.63. The highest BCUT2D eigenvalue weighted by Crippen LogP contribution is 2.50. The molecule has 1 aromatic rings. The van der Waals surface area contributed by atoms with Crippen molar-refractivity contribution in [3.05, 3.63) is 28.3 Å². The molecule has 1 aliphatic heterocycles. The molecule has 6 nitrogen and oxygen atoms in total. The fourth-order valence-corrected chi connectivity index (χ4v) is 4.33. The lowest BCUT2D eigenvalue weighted by atomic mass is 9.68. The zero-order chi connectivity index (χ0) is 15.3. The van der Waals surface area contributed by atoms with Crippen molar-refractivity contribution in [2.45, 2.75) is 30.6 Å². The molecular weight excluding hydrogens is 292 g/mol. The third-order valence-corrected chi connectivity index (χ3v) is 5.88. The monoisotopic (exact) mass is 310 g/mol. The molecule has 3 rings (SSSR count). The second-order valence-electron chi connectivity index (χ2n) is 6.18. The van der Waals surface area contributed by atoms with Crippen molar-refractivity contribution in [3.63, 3.8) is 0 Å². The molecule has 0 bridgehead atoms. The van der Waals surface area contributed by atoms with E-state index in [9.17, 15) is 18.5 Å². The Morgan fingerprint density at radius 1 is 1.29 bits per heavy atom. The highest BCUT2D eigenvalue weighted by molar-refractivity contribution is 7.90. The van der Waals surface area contributed by atoms with Gasteiger partial charge < -0.3 is 4.90 Å². The van der Waals surface area contributed by atoms with Crippen LogP contribution in [-0.2, 0) is 9.84 Å². The number of hydrogen-bond acceptors (Lipinski definition) is 5. The molecule has 2 aliphatic rings. The summed E-state index contributed by atoms with van der Waals surface area (Å²) in [5.41, 5.74) is 0.456. The summed E-state index contributed by atoms with van der Waals surface area (Å²) in [6, 6.07) is 4.56. The molecule has 0 amide bonds. The Labute approximate surface area is 123 Å². The van der Waals surface area contributed by atoms with Crippen molar-refractivity contribution in [2.24, 2.45) is 5.41 Å². The molecule has 0 atom stereocenters. The average Bonchev–Trinajstić information content (AvgIpc) is 2.81. The maximum absolute atomic E-state index is 11.8. The van der Waals surface area contributed by atoms with Crippen LogP contribution in [-0.4, -0.2) is 32.7 Å². The second kappa shape index (κ2) is 4.69. The highest BCUT2D eigenvalue weighted by atomic mass is 32.2. The Balaban J connectivity index is 2.05. The van der Waals surface area contributed by atoms with Gasteiger partial charge in [0.05, 0.1) is 4.92 Å². The van der Waals surface area contributed by atoms with E-state index in [0.717, 1.165) is 25.8 Å². The van der Waals surface area contributed by atoms with Crippen LogP contribution < -0.4 is 4.90 Å². The van der Waals surface area contributed by atoms with Crippen molar-refractivity contribution >= 4 is 21.2 Å². The van der Waals surface area contributed by atoms with Crippen LogP contribution in [0.5, 0.6) is 0 Å². The number of rotatable bonds is 3. The lowest BCUT2D eigenvalue weighted by Crippen LogP contribution is -2.33. The van der Waals surface area contributed by atoms with Crippen molar-refractivity contribution in [2.75, 3.05) is 24.2 Å². The molecule has 21 heavy (non-hydrogen) atoms. The van der Waals surface area contributed by atoms with Crippen molar-refractivity contribution in [1.29, 1.82) is 0 Å². The number of anilines is 1. The van der Waals surface area contributed by atoms with Crippen molar-refractivity contribution < 1.29 is 13.3 Å². The molecule has 1 heterocycles. The Morgan fingerprint density at radius 3 is 2.48 bits per heavy atom. The zero-order valence-corrected chi connectivity index (χ0v) is 12.7. The van der Waals surface area contributed by atoms with Crippen LogP contribution in [0, 0.1) is 15.5 Å². The van der Waals surface area contributed by atoms with Crippen LogP contribution in [0.25, 0.3) is 0 Å². The minimum atomic E-state index is -3.62. The van der Waals surface area contributed by atoms with Gasteiger partial charge in [-0.05, 0) is 36.8 Å². The van der Waals surface area contributed by atoms with E-state index in [4.69, 9.17) is 0 Å². The predicted octanol–water partition coefficient (Wildman–Crippen LogP) is 2.38. The Morgan fingerprint density at radius 2 is 2.00 bits per heavy atom. The zero-order valence-electron chi connectivity index (χ0n) is 11.9. The normalized spacial score (nSPS) is 20.5. The van der Waals surface area contributed by atoms with E-state index in [-0.39, 0.29) is 10.6 Å². The van der Waals surface area contributed by atoms with Crippen molar-refractivity contribution in [1.82, 2.24) is 0 Å². The summed E-state index contributed by atoms with van der Waals surface area (Å²) in [5.74, 6) is 0. The third kappa shape index (κ3) is 2.39. The molecule has 1 spiro atoms. The maximum atomic E-state index is 11.8. The summed E-state index contributed by atoms with van der Waals surface area (Å²) in [5, 5.41) is 11.4. The number of para-hydroxylation sites is 1. The highest BCUT2D eigenvalue weighted by Gasteiger charge is 2.44. The van der Waals surface area contributed by atoms with E-state index in [0.29, 0.717) is 11.1 Å². The smallest absolute Gasteiger partial charge is 0.311 e. The Kier molecular flexibility index (Phi) is 3.20. The van der Waals surface area contributed by atoms with Gasteiger partial charge in [-0.3, -0.25) is 10.1 Å². The van der Waals surface area contributed by atoms with Crippen LogP contribution >= 0.6 is 0 Å². The maximum Gasteiger partial charge on any atom is 0.311 e. The van der Waals surface area contributed by atoms with Crippen LogP contribution in [0.3, 0.4) is 0 Å². The van der Waals surface area contributed by atoms with E-state index in [1.54, 1.807) is 12.1 Å². The van der Waals surface area contributed by atoms with E-state index >= 15 is 0 Å². The first-order valence-corrected chi connectivity index (χ1v) is 8.94. The van der Waals surface area contributed by atoms with E-state index in [2.05, 4.69) is 0 Å². The molecule has 7 heteroatoms.